The Kier molecular flexibility index (Phi) is 12.3. The number of hydrogen-bond acceptors (Lipinski definition) is 9. The smallest absolute Gasteiger partial charge is 0.435 e. The lowest BCUT2D eigenvalue weighted by molar-refractivity contribution is 0.0131. The van der Waals surface area contributed by atoms with Crippen LogP contribution in [0.4, 0.5) is 19.7 Å². The van der Waals surface area contributed by atoms with Gasteiger partial charge in [-0.15, -0.1) is 5.10 Å². The number of aromatic nitrogens is 2. The van der Waals surface area contributed by atoms with E-state index in [9.17, 15) is 14.0 Å². The zero-order chi connectivity index (χ0) is 35.2. The quantitative estimate of drug-likeness (QED) is 0.142. The Balaban J connectivity index is 1.91. The molecule has 0 unspecified atom stereocenters. The molecule has 0 aliphatic carbocycles. The molecule has 2 N–H and O–H groups in total. The van der Waals surface area contributed by atoms with Gasteiger partial charge < -0.3 is 34.0 Å². The minimum Gasteiger partial charge on any atom is -0.492 e. The zero-order valence-electron chi connectivity index (χ0n) is 29.4. The summed E-state index contributed by atoms with van der Waals surface area (Å²) in [6.45, 7) is 17.5. The molecule has 1 heterocycles. The molecule has 3 rings (SSSR count). The van der Waals surface area contributed by atoms with Gasteiger partial charge in [0.15, 0.2) is 8.32 Å². The minimum absolute atomic E-state index is 0.0117. The van der Waals surface area contributed by atoms with Crippen LogP contribution >= 0.6 is 0 Å². The SMILES string of the molecule is CC[Si](CC)(CC)O[C@@H](CN(CCOc1ccc2c(OC)nn(C(=O)OC(C)(C)C)c2c1)C(=O)OC(C)(C)C)c1ccc(F)c(N)c1. The zero-order valence-corrected chi connectivity index (χ0v) is 30.4. The number of amides is 1. The highest BCUT2D eigenvalue weighted by molar-refractivity contribution is 6.73. The van der Waals surface area contributed by atoms with E-state index in [2.05, 4.69) is 25.9 Å². The molecule has 1 amide bonds. The van der Waals surface area contributed by atoms with E-state index in [4.69, 9.17) is 29.1 Å². The van der Waals surface area contributed by atoms with Crippen LogP contribution < -0.4 is 15.2 Å². The number of fused-ring (bicyclic) bond motifs is 1. The summed E-state index contributed by atoms with van der Waals surface area (Å²) in [4.78, 5) is 28.0. The molecule has 3 aromatic rings. The largest absolute Gasteiger partial charge is 0.492 e. The maximum atomic E-state index is 14.2. The summed E-state index contributed by atoms with van der Waals surface area (Å²) in [7, 11) is -0.710. The fraction of sp³-hybridized carbons (Fsp3) is 0.559. The molecule has 2 aromatic carbocycles. The van der Waals surface area contributed by atoms with Crippen molar-refractivity contribution in [2.75, 3.05) is 32.5 Å². The van der Waals surface area contributed by atoms with Crippen LogP contribution in [0.5, 0.6) is 11.6 Å². The average Bonchev–Trinajstić information content (AvgIpc) is 3.36. The fourth-order valence-electron chi connectivity index (χ4n) is 5.08. The Morgan fingerprint density at radius 2 is 1.62 bits per heavy atom. The van der Waals surface area contributed by atoms with E-state index in [0.29, 0.717) is 22.2 Å². The summed E-state index contributed by atoms with van der Waals surface area (Å²) in [6.07, 6.45) is -1.76. The monoisotopic (exact) mass is 674 g/mol. The maximum Gasteiger partial charge on any atom is 0.435 e. The van der Waals surface area contributed by atoms with Crippen LogP contribution in [-0.4, -0.2) is 73.2 Å². The van der Waals surface area contributed by atoms with E-state index in [1.54, 1.807) is 76.8 Å². The first-order valence-corrected chi connectivity index (χ1v) is 18.6. The molecule has 1 aromatic heterocycles. The highest BCUT2D eigenvalue weighted by Crippen LogP contribution is 2.33. The number of benzene rings is 2. The van der Waals surface area contributed by atoms with Crippen LogP contribution in [0, 0.1) is 5.82 Å². The number of rotatable bonds is 13. The van der Waals surface area contributed by atoms with Gasteiger partial charge in [0.2, 0.25) is 5.88 Å². The van der Waals surface area contributed by atoms with Gasteiger partial charge in [-0.2, -0.15) is 4.68 Å². The third kappa shape index (κ3) is 10.1. The number of ether oxygens (including phenoxy) is 4. The normalized spacial score (nSPS) is 12.9. The van der Waals surface area contributed by atoms with Gasteiger partial charge in [-0.05, 0) is 89.5 Å². The van der Waals surface area contributed by atoms with Crippen molar-refractivity contribution >= 4 is 37.1 Å². The van der Waals surface area contributed by atoms with Crippen LogP contribution in [0.3, 0.4) is 0 Å². The van der Waals surface area contributed by atoms with Gasteiger partial charge in [0.25, 0.3) is 0 Å². The Morgan fingerprint density at radius 1 is 0.979 bits per heavy atom. The van der Waals surface area contributed by atoms with E-state index in [-0.39, 0.29) is 31.3 Å². The third-order valence-electron chi connectivity index (χ3n) is 7.76. The van der Waals surface area contributed by atoms with E-state index in [1.807, 2.05) is 0 Å². The topological polar surface area (TPSA) is 127 Å². The molecule has 0 aliphatic heterocycles. The van der Waals surface area contributed by atoms with E-state index in [1.165, 1.54) is 13.2 Å². The summed E-state index contributed by atoms with van der Waals surface area (Å²) < 4.78 is 45.0. The van der Waals surface area contributed by atoms with Crippen molar-refractivity contribution in [2.24, 2.45) is 0 Å². The molecule has 0 spiro atoms. The van der Waals surface area contributed by atoms with Crippen molar-refractivity contribution in [3.63, 3.8) is 0 Å². The highest BCUT2D eigenvalue weighted by atomic mass is 28.4. The first kappa shape index (κ1) is 37.6. The number of methoxy groups -OCH3 is 1. The van der Waals surface area contributed by atoms with Gasteiger partial charge in [0, 0.05) is 6.07 Å². The standard InChI is InChI=1S/C34H51FN4O7Si/c1-11-47(12-2,13-3)46-29(23-14-17-26(35)27(36)20-23)22-38(31(40)44-33(4,5)6)18-19-43-24-15-16-25-28(21-24)39(37-30(25)42-10)32(41)45-34(7,8)9/h14-17,20-21,29H,11-13,18-19,22,36H2,1-10H3/t29-/m0/s1. The summed E-state index contributed by atoms with van der Waals surface area (Å²) in [5, 5.41) is 4.88. The molecule has 47 heavy (non-hydrogen) atoms. The lowest BCUT2D eigenvalue weighted by Crippen LogP contribution is -2.45. The summed E-state index contributed by atoms with van der Waals surface area (Å²) in [5.74, 6) is 0.201. The highest BCUT2D eigenvalue weighted by Gasteiger charge is 2.35. The lowest BCUT2D eigenvalue weighted by Gasteiger charge is -2.36. The predicted octanol–water partition coefficient (Wildman–Crippen LogP) is 7.93. The molecule has 260 valence electrons. The van der Waals surface area contributed by atoms with Gasteiger partial charge in [-0.3, -0.25) is 0 Å². The van der Waals surface area contributed by atoms with Crippen molar-refractivity contribution in [1.29, 1.82) is 0 Å². The first-order chi connectivity index (χ1) is 21.9. The number of hydrogen-bond donors (Lipinski definition) is 1. The van der Waals surface area contributed by atoms with Crippen LogP contribution in [0.25, 0.3) is 10.9 Å². The van der Waals surface area contributed by atoms with Gasteiger partial charge in [-0.25, -0.2) is 14.0 Å². The number of carbonyl (C=O) groups excluding carboxylic acids is 2. The number of nitrogens with two attached hydrogens (primary N) is 1. The van der Waals surface area contributed by atoms with Gasteiger partial charge in [0.05, 0.1) is 42.9 Å². The Labute approximate surface area is 278 Å². The molecular formula is C34H51FN4O7Si. The van der Waals surface area contributed by atoms with Crippen LogP contribution in [0.1, 0.15) is 74.0 Å². The average molecular weight is 675 g/mol. The van der Waals surface area contributed by atoms with Gasteiger partial charge in [-0.1, -0.05) is 26.8 Å². The molecule has 0 aliphatic rings. The molecule has 13 heteroatoms. The van der Waals surface area contributed by atoms with E-state index < -0.39 is 43.6 Å². The molecule has 0 fully saturated rings. The van der Waals surface area contributed by atoms with Crippen LogP contribution in [0.15, 0.2) is 36.4 Å². The second kappa shape index (κ2) is 15.4. The van der Waals surface area contributed by atoms with Crippen molar-refractivity contribution in [1.82, 2.24) is 14.7 Å². The van der Waals surface area contributed by atoms with Gasteiger partial charge in [0.1, 0.15) is 29.4 Å². The number of nitrogens with zero attached hydrogens (tertiary/aromatic N) is 3. The van der Waals surface area contributed by atoms with Crippen LogP contribution in [0.2, 0.25) is 18.1 Å². The molecule has 11 nitrogen and oxygen atoms in total. The first-order valence-electron chi connectivity index (χ1n) is 16.1. The minimum atomic E-state index is -2.18. The van der Waals surface area contributed by atoms with Crippen LogP contribution in [-0.2, 0) is 13.9 Å². The van der Waals surface area contributed by atoms with Crippen molar-refractivity contribution in [2.45, 2.75) is 97.8 Å². The number of anilines is 1. The Bertz CT molecular complexity index is 1520. The maximum absolute atomic E-state index is 14.2. The fourth-order valence-corrected chi connectivity index (χ4v) is 7.90. The molecule has 0 saturated carbocycles. The summed E-state index contributed by atoms with van der Waals surface area (Å²) >= 11 is 0. The number of nitrogen functional groups attached to an aromatic ring is 1. The second-order valence-electron chi connectivity index (χ2n) is 13.5. The molecule has 1 atom stereocenters. The van der Waals surface area contributed by atoms with E-state index in [0.717, 1.165) is 22.8 Å². The number of carbonyl (C=O) groups is 2. The Morgan fingerprint density at radius 3 is 2.17 bits per heavy atom. The molecular weight excluding hydrogens is 623 g/mol. The summed E-state index contributed by atoms with van der Waals surface area (Å²) in [6, 6.07) is 12.4. The second-order valence-corrected chi connectivity index (χ2v) is 18.2. The summed E-state index contributed by atoms with van der Waals surface area (Å²) in [5.41, 5.74) is 5.63. The number of halogens is 1. The van der Waals surface area contributed by atoms with Crippen molar-refractivity contribution in [3.8, 4) is 11.6 Å². The van der Waals surface area contributed by atoms with Crippen molar-refractivity contribution in [3.05, 3.63) is 47.8 Å². The Hall–Kier alpha value is -3.84. The lowest BCUT2D eigenvalue weighted by atomic mass is 10.1. The third-order valence-corrected chi connectivity index (χ3v) is 12.4. The predicted molar refractivity (Wildman–Crippen MR) is 183 cm³/mol. The molecule has 0 saturated heterocycles. The molecule has 0 radical (unpaired) electrons. The van der Waals surface area contributed by atoms with E-state index >= 15 is 0 Å². The van der Waals surface area contributed by atoms with Crippen molar-refractivity contribution < 1.29 is 37.4 Å². The molecule has 0 bridgehead atoms. The van der Waals surface area contributed by atoms with Gasteiger partial charge >= 0.3 is 12.2 Å².